The van der Waals surface area contributed by atoms with E-state index in [4.69, 9.17) is 39.5 Å². The predicted octanol–water partition coefficient (Wildman–Crippen LogP) is 2.65. The summed E-state index contributed by atoms with van der Waals surface area (Å²) < 4.78 is 4.90. The Kier molecular flexibility index (Phi) is 6.26. The fraction of sp³-hybridized carbons (Fsp3) is 0.250. The molecule has 1 rings (SSSR count). The van der Waals surface area contributed by atoms with Gasteiger partial charge >= 0.3 is 12.0 Å². The van der Waals surface area contributed by atoms with Gasteiger partial charge in [-0.25, -0.2) is 9.59 Å². The first-order chi connectivity index (χ1) is 9.77. The number of esters is 1. The molecule has 0 radical (unpaired) electrons. The summed E-state index contributed by atoms with van der Waals surface area (Å²) in [5, 5.41) is 4.24. The SMILES string of the molecule is CNC(=O)NC(=O)C(C)OC(=O)c1c(Cl)ccc(Cl)c1Cl. The largest absolute Gasteiger partial charge is 0.449 e. The number of rotatable bonds is 3. The van der Waals surface area contributed by atoms with Crippen molar-refractivity contribution < 1.29 is 19.1 Å². The number of hydrogen-bond donors (Lipinski definition) is 2. The van der Waals surface area contributed by atoms with E-state index in [0.717, 1.165) is 0 Å². The molecule has 114 valence electrons. The Morgan fingerprint density at radius 1 is 1.14 bits per heavy atom. The highest BCUT2D eigenvalue weighted by Crippen LogP contribution is 2.32. The number of carbonyl (C=O) groups is 3. The second kappa shape index (κ2) is 7.49. The lowest BCUT2D eigenvalue weighted by atomic mass is 10.2. The van der Waals surface area contributed by atoms with Gasteiger partial charge in [-0.3, -0.25) is 10.1 Å². The molecule has 1 aromatic carbocycles. The van der Waals surface area contributed by atoms with Crippen molar-refractivity contribution in [3.8, 4) is 0 Å². The van der Waals surface area contributed by atoms with E-state index in [1.165, 1.54) is 26.1 Å². The number of nitrogens with one attached hydrogen (secondary N) is 2. The molecule has 0 heterocycles. The Balaban J connectivity index is 2.85. The third kappa shape index (κ3) is 4.49. The maximum absolute atomic E-state index is 12.0. The lowest BCUT2D eigenvalue weighted by Crippen LogP contribution is -2.43. The van der Waals surface area contributed by atoms with Gasteiger partial charge in [0.05, 0.1) is 20.6 Å². The molecule has 9 heteroatoms. The number of amides is 3. The average Bonchev–Trinajstić information content (AvgIpc) is 2.43. The van der Waals surface area contributed by atoms with Crippen LogP contribution in [0, 0.1) is 0 Å². The number of ether oxygens (including phenoxy) is 1. The Hall–Kier alpha value is -1.50. The Bertz CT molecular complexity index is 592. The van der Waals surface area contributed by atoms with E-state index in [-0.39, 0.29) is 20.6 Å². The molecular formula is C12H11Cl3N2O4. The lowest BCUT2D eigenvalue weighted by Gasteiger charge is -2.14. The van der Waals surface area contributed by atoms with Gasteiger partial charge < -0.3 is 10.1 Å². The minimum absolute atomic E-state index is 0.0355. The van der Waals surface area contributed by atoms with Crippen LogP contribution in [0.4, 0.5) is 4.79 Å². The molecule has 1 unspecified atom stereocenters. The molecule has 0 aliphatic heterocycles. The second-order valence-electron chi connectivity index (χ2n) is 3.83. The van der Waals surface area contributed by atoms with Crippen LogP contribution < -0.4 is 10.6 Å². The summed E-state index contributed by atoms with van der Waals surface area (Å²) in [6.07, 6.45) is -1.22. The molecule has 0 aliphatic carbocycles. The molecule has 0 fully saturated rings. The van der Waals surface area contributed by atoms with E-state index in [9.17, 15) is 14.4 Å². The normalized spacial score (nSPS) is 11.5. The van der Waals surface area contributed by atoms with E-state index in [0.29, 0.717) is 0 Å². The van der Waals surface area contributed by atoms with Gasteiger partial charge in [-0.15, -0.1) is 0 Å². The predicted molar refractivity (Wildman–Crippen MR) is 78.9 cm³/mol. The van der Waals surface area contributed by atoms with Crippen LogP contribution in [0.25, 0.3) is 0 Å². The number of benzene rings is 1. The van der Waals surface area contributed by atoms with E-state index in [2.05, 4.69) is 5.32 Å². The molecular weight excluding hydrogens is 343 g/mol. The van der Waals surface area contributed by atoms with Crippen molar-refractivity contribution in [2.24, 2.45) is 0 Å². The quantitative estimate of drug-likeness (QED) is 0.646. The van der Waals surface area contributed by atoms with Crippen LogP contribution in [0.15, 0.2) is 12.1 Å². The third-order valence-electron chi connectivity index (χ3n) is 2.36. The maximum atomic E-state index is 12.0. The smallest absolute Gasteiger partial charge is 0.342 e. The van der Waals surface area contributed by atoms with Gasteiger partial charge in [0.2, 0.25) is 0 Å². The molecule has 0 saturated carbocycles. The molecule has 0 spiro atoms. The summed E-state index contributed by atoms with van der Waals surface area (Å²) in [5.74, 6) is -1.72. The molecule has 1 atom stereocenters. The molecule has 2 N–H and O–H groups in total. The molecule has 1 aromatic rings. The van der Waals surface area contributed by atoms with Crippen molar-refractivity contribution in [2.45, 2.75) is 13.0 Å². The van der Waals surface area contributed by atoms with E-state index < -0.39 is 24.0 Å². The Labute approximate surface area is 135 Å². The van der Waals surface area contributed by atoms with Gasteiger partial charge in [-0.1, -0.05) is 34.8 Å². The number of hydrogen-bond acceptors (Lipinski definition) is 4. The fourth-order valence-corrected chi connectivity index (χ4v) is 1.95. The zero-order valence-corrected chi connectivity index (χ0v) is 13.3. The number of imide groups is 1. The summed E-state index contributed by atoms with van der Waals surface area (Å²) >= 11 is 17.5. The van der Waals surface area contributed by atoms with Crippen molar-refractivity contribution in [1.29, 1.82) is 0 Å². The standard InChI is InChI=1S/C12H11Cl3N2O4/c1-5(10(18)17-12(20)16-2)21-11(19)8-6(13)3-4-7(14)9(8)15/h3-5H,1-2H3,(H2,16,17,18,20). The first kappa shape index (κ1) is 17.6. The number of carbonyl (C=O) groups excluding carboxylic acids is 3. The van der Waals surface area contributed by atoms with Crippen molar-refractivity contribution in [1.82, 2.24) is 10.6 Å². The molecule has 0 aromatic heterocycles. The van der Waals surface area contributed by atoms with Gasteiger partial charge in [-0.05, 0) is 19.1 Å². The third-order valence-corrected chi connectivity index (χ3v) is 3.48. The van der Waals surface area contributed by atoms with Gasteiger partial charge in [0.25, 0.3) is 5.91 Å². The zero-order valence-electron chi connectivity index (χ0n) is 11.0. The van der Waals surface area contributed by atoms with Crippen molar-refractivity contribution in [3.05, 3.63) is 32.8 Å². The van der Waals surface area contributed by atoms with Crippen LogP contribution >= 0.6 is 34.8 Å². The van der Waals surface area contributed by atoms with Crippen molar-refractivity contribution >= 4 is 52.7 Å². The molecule has 0 bridgehead atoms. The van der Waals surface area contributed by atoms with Crippen LogP contribution in [0.2, 0.25) is 15.1 Å². The highest BCUT2D eigenvalue weighted by Gasteiger charge is 2.24. The van der Waals surface area contributed by atoms with Gasteiger partial charge in [-0.2, -0.15) is 0 Å². The summed E-state index contributed by atoms with van der Waals surface area (Å²) in [6, 6.07) is 2.08. The van der Waals surface area contributed by atoms with Crippen LogP contribution in [-0.4, -0.2) is 31.1 Å². The Morgan fingerprint density at radius 2 is 1.71 bits per heavy atom. The summed E-state index contributed by atoms with van der Waals surface area (Å²) in [7, 11) is 1.34. The van der Waals surface area contributed by atoms with Gasteiger partial charge in [0.15, 0.2) is 6.10 Å². The van der Waals surface area contributed by atoms with Gasteiger partial charge in [0, 0.05) is 7.05 Å². The van der Waals surface area contributed by atoms with Crippen molar-refractivity contribution in [3.63, 3.8) is 0 Å². The molecule has 21 heavy (non-hydrogen) atoms. The maximum Gasteiger partial charge on any atom is 0.342 e. The number of urea groups is 1. The first-order valence-electron chi connectivity index (χ1n) is 5.65. The monoisotopic (exact) mass is 352 g/mol. The first-order valence-corrected chi connectivity index (χ1v) is 6.78. The molecule has 0 saturated heterocycles. The highest BCUT2D eigenvalue weighted by atomic mass is 35.5. The molecule has 3 amide bonds. The summed E-state index contributed by atoms with van der Waals surface area (Å²) in [4.78, 5) is 34.5. The minimum atomic E-state index is -1.22. The highest BCUT2D eigenvalue weighted by molar-refractivity contribution is 6.46. The van der Waals surface area contributed by atoms with E-state index in [1.54, 1.807) is 0 Å². The van der Waals surface area contributed by atoms with Gasteiger partial charge in [0.1, 0.15) is 0 Å². The van der Waals surface area contributed by atoms with E-state index >= 15 is 0 Å². The lowest BCUT2D eigenvalue weighted by molar-refractivity contribution is -0.127. The van der Waals surface area contributed by atoms with Crippen LogP contribution in [0.1, 0.15) is 17.3 Å². The number of halogens is 3. The van der Waals surface area contributed by atoms with Crippen LogP contribution in [-0.2, 0) is 9.53 Å². The molecule has 6 nitrogen and oxygen atoms in total. The van der Waals surface area contributed by atoms with Crippen LogP contribution in [0.3, 0.4) is 0 Å². The zero-order chi connectivity index (χ0) is 16.2. The minimum Gasteiger partial charge on any atom is -0.449 e. The topological polar surface area (TPSA) is 84.5 Å². The van der Waals surface area contributed by atoms with E-state index in [1.807, 2.05) is 5.32 Å². The average molecular weight is 354 g/mol. The van der Waals surface area contributed by atoms with Crippen molar-refractivity contribution in [2.75, 3.05) is 7.05 Å². The second-order valence-corrected chi connectivity index (χ2v) is 5.03. The summed E-state index contributed by atoms with van der Waals surface area (Å²) in [6.45, 7) is 1.29. The fourth-order valence-electron chi connectivity index (χ4n) is 1.26. The Morgan fingerprint density at radius 3 is 2.29 bits per heavy atom. The molecule has 0 aliphatic rings. The summed E-state index contributed by atoms with van der Waals surface area (Å²) in [5.41, 5.74) is -0.148. The van der Waals surface area contributed by atoms with Crippen LogP contribution in [0.5, 0.6) is 0 Å².